The van der Waals surface area contributed by atoms with E-state index in [4.69, 9.17) is 19.9 Å². The van der Waals surface area contributed by atoms with Crippen LogP contribution in [-0.4, -0.2) is 19.9 Å². The summed E-state index contributed by atoms with van der Waals surface area (Å²) in [6, 6.07) is 20.8. The molecule has 3 heterocycles. The maximum absolute atomic E-state index is 5.11. The third-order valence-electron chi connectivity index (χ3n) is 8.96. The molecule has 0 saturated carbocycles. The van der Waals surface area contributed by atoms with Crippen molar-refractivity contribution in [2.45, 2.75) is 104 Å². The van der Waals surface area contributed by atoms with Gasteiger partial charge in [-0.3, -0.25) is 4.98 Å². The Morgan fingerprint density at radius 2 is 1.36 bits per heavy atom. The lowest BCUT2D eigenvalue weighted by Crippen LogP contribution is -2.12. The molecular formula is C42H46N4S. The van der Waals surface area contributed by atoms with Crippen LogP contribution in [0.15, 0.2) is 70.6 Å². The standard InChI is InChI=1S/C42H46N4S/c1-23(2)38-44-39(24(3)4)46-40(45-38)27-13-12-26-20-34-35-30(31(26)18-27)15-16-43-36(35)32-19-28-17-25(21-41(5,6)7)11-14-29(28)33(37(32)47-34)22-42(8,9)10/h11-20,23-24H,21-22H2,1-10H3. The number of rotatable bonds is 5. The van der Waals surface area contributed by atoms with Gasteiger partial charge in [-0.05, 0) is 86.0 Å². The van der Waals surface area contributed by atoms with E-state index in [2.05, 4.69) is 124 Å². The predicted octanol–water partition coefficient (Wildman–Crippen LogP) is 11.9. The monoisotopic (exact) mass is 638 g/mol. The Morgan fingerprint density at radius 1 is 0.660 bits per heavy atom. The van der Waals surface area contributed by atoms with Crippen molar-refractivity contribution < 1.29 is 0 Å². The zero-order valence-corrected chi connectivity index (χ0v) is 30.4. The Balaban J connectivity index is 1.46. The molecule has 0 saturated heterocycles. The highest BCUT2D eigenvalue weighted by Crippen LogP contribution is 2.52. The van der Waals surface area contributed by atoms with Crippen molar-refractivity contribution >= 4 is 44.1 Å². The highest BCUT2D eigenvalue weighted by atomic mass is 32.2. The van der Waals surface area contributed by atoms with Crippen molar-refractivity contribution in [2.24, 2.45) is 10.8 Å². The summed E-state index contributed by atoms with van der Waals surface area (Å²) in [5, 5.41) is 7.56. The van der Waals surface area contributed by atoms with Gasteiger partial charge in [0.1, 0.15) is 11.6 Å². The van der Waals surface area contributed by atoms with E-state index in [1.165, 1.54) is 58.8 Å². The molecule has 0 aliphatic carbocycles. The van der Waals surface area contributed by atoms with Gasteiger partial charge in [0, 0.05) is 44.3 Å². The number of hydrogen-bond donors (Lipinski definition) is 0. The normalized spacial score (nSPS) is 13.4. The Hall–Kier alpha value is -3.83. The lowest BCUT2D eigenvalue weighted by Gasteiger charge is -2.28. The maximum atomic E-state index is 5.11. The van der Waals surface area contributed by atoms with Gasteiger partial charge >= 0.3 is 0 Å². The molecule has 240 valence electrons. The molecule has 1 aliphatic rings. The lowest BCUT2D eigenvalue weighted by molar-refractivity contribution is 0.410. The molecule has 0 fully saturated rings. The van der Waals surface area contributed by atoms with E-state index in [0.717, 1.165) is 41.6 Å². The first-order valence-electron chi connectivity index (χ1n) is 17.0. The van der Waals surface area contributed by atoms with Gasteiger partial charge in [-0.2, -0.15) is 0 Å². The molecular weight excluding hydrogens is 593 g/mol. The molecule has 0 radical (unpaired) electrons. The first-order valence-corrected chi connectivity index (χ1v) is 17.9. The van der Waals surface area contributed by atoms with E-state index in [9.17, 15) is 0 Å². The molecule has 0 atom stereocenters. The number of nitrogens with zero attached hydrogens (tertiary/aromatic N) is 4. The van der Waals surface area contributed by atoms with Crippen LogP contribution in [0.2, 0.25) is 0 Å². The average molecular weight is 639 g/mol. The summed E-state index contributed by atoms with van der Waals surface area (Å²) in [6.07, 6.45) is 4.05. The Bertz CT molecular complexity index is 2170. The van der Waals surface area contributed by atoms with Crippen LogP contribution < -0.4 is 0 Å². The second kappa shape index (κ2) is 11.4. The van der Waals surface area contributed by atoms with Crippen molar-refractivity contribution in [1.82, 2.24) is 19.9 Å². The Kier molecular flexibility index (Phi) is 7.70. The minimum Gasteiger partial charge on any atom is -0.256 e. The van der Waals surface area contributed by atoms with Crippen LogP contribution in [-0.2, 0) is 12.8 Å². The molecule has 2 aromatic heterocycles. The van der Waals surface area contributed by atoms with E-state index < -0.39 is 0 Å². The highest BCUT2D eigenvalue weighted by molar-refractivity contribution is 8.00. The van der Waals surface area contributed by atoms with E-state index >= 15 is 0 Å². The van der Waals surface area contributed by atoms with Gasteiger partial charge in [0.25, 0.3) is 0 Å². The Morgan fingerprint density at radius 3 is 2.02 bits per heavy atom. The summed E-state index contributed by atoms with van der Waals surface area (Å²) < 4.78 is 0. The second-order valence-corrected chi connectivity index (χ2v) is 17.5. The van der Waals surface area contributed by atoms with Gasteiger partial charge in [-0.15, -0.1) is 0 Å². The molecule has 0 N–H and O–H groups in total. The van der Waals surface area contributed by atoms with Gasteiger partial charge in [0.15, 0.2) is 5.82 Å². The van der Waals surface area contributed by atoms with Gasteiger partial charge in [0.05, 0.1) is 5.69 Å². The molecule has 5 heteroatoms. The van der Waals surface area contributed by atoms with Gasteiger partial charge < -0.3 is 0 Å². The molecule has 0 amide bonds. The van der Waals surface area contributed by atoms with Crippen LogP contribution in [0.5, 0.6) is 0 Å². The van der Waals surface area contributed by atoms with Crippen molar-refractivity contribution in [3.05, 3.63) is 83.6 Å². The molecule has 47 heavy (non-hydrogen) atoms. The summed E-state index contributed by atoms with van der Waals surface area (Å²) >= 11 is 1.92. The number of aromatic nitrogens is 4. The van der Waals surface area contributed by atoms with E-state index in [1.54, 1.807) is 0 Å². The van der Waals surface area contributed by atoms with E-state index in [0.29, 0.717) is 0 Å². The van der Waals surface area contributed by atoms with Gasteiger partial charge in [-0.25, -0.2) is 15.0 Å². The van der Waals surface area contributed by atoms with Crippen LogP contribution in [0, 0.1) is 10.8 Å². The third kappa shape index (κ3) is 6.04. The van der Waals surface area contributed by atoms with Crippen LogP contribution in [0.3, 0.4) is 0 Å². The van der Waals surface area contributed by atoms with Crippen molar-refractivity contribution in [1.29, 1.82) is 0 Å². The largest absolute Gasteiger partial charge is 0.256 e. The van der Waals surface area contributed by atoms with Gasteiger partial charge in [0.2, 0.25) is 0 Å². The SMILES string of the molecule is CC(C)c1nc(-c2ccc3cc4c5c(nccc5c3c2)-c2cc3cc(CC(C)(C)C)ccc3c(CC(C)(C)C)c2S4)nc(C(C)C)n1. The zero-order chi connectivity index (χ0) is 33.4. The fourth-order valence-electron chi connectivity index (χ4n) is 6.89. The van der Waals surface area contributed by atoms with Crippen LogP contribution in [0.25, 0.3) is 55.0 Å². The summed E-state index contributed by atoms with van der Waals surface area (Å²) in [5.41, 5.74) is 6.56. The second-order valence-electron chi connectivity index (χ2n) is 16.4. The smallest absolute Gasteiger partial charge is 0.163 e. The summed E-state index contributed by atoms with van der Waals surface area (Å²) in [6.45, 7) is 22.6. The third-order valence-corrected chi connectivity index (χ3v) is 10.2. The predicted molar refractivity (Wildman–Crippen MR) is 200 cm³/mol. The molecule has 6 aromatic rings. The quantitative estimate of drug-likeness (QED) is 0.176. The summed E-state index contributed by atoms with van der Waals surface area (Å²) in [5.74, 6) is 2.89. The van der Waals surface area contributed by atoms with Crippen molar-refractivity contribution in [3.8, 4) is 22.6 Å². The molecule has 7 rings (SSSR count). The lowest BCUT2D eigenvalue weighted by atomic mass is 9.83. The summed E-state index contributed by atoms with van der Waals surface area (Å²) in [7, 11) is 0. The molecule has 4 nitrogen and oxygen atoms in total. The van der Waals surface area contributed by atoms with Crippen LogP contribution >= 0.6 is 11.8 Å². The maximum Gasteiger partial charge on any atom is 0.163 e. The van der Waals surface area contributed by atoms with Crippen molar-refractivity contribution in [2.75, 3.05) is 0 Å². The topological polar surface area (TPSA) is 51.6 Å². The van der Waals surface area contributed by atoms with Crippen LogP contribution in [0.1, 0.15) is 104 Å². The fraction of sp³-hybridized carbons (Fsp3) is 0.381. The number of hydrogen-bond acceptors (Lipinski definition) is 5. The van der Waals surface area contributed by atoms with Crippen LogP contribution in [0.4, 0.5) is 0 Å². The van der Waals surface area contributed by atoms with Crippen molar-refractivity contribution in [3.63, 3.8) is 0 Å². The average Bonchev–Trinajstić information content (AvgIpc) is 2.99. The highest BCUT2D eigenvalue weighted by Gasteiger charge is 2.28. The minimum absolute atomic E-state index is 0.145. The summed E-state index contributed by atoms with van der Waals surface area (Å²) in [4.78, 5) is 22.4. The number of benzene rings is 4. The first-order chi connectivity index (χ1) is 22.1. The Labute approximate surface area is 283 Å². The first kappa shape index (κ1) is 31.8. The van der Waals surface area contributed by atoms with E-state index in [1.807, 2.05) is 18.0 Å². The molecule has 0 unspecified atom stereocenters. The molecule has 4 aromatic carbocycles. The van der Waals surface area contributed by atoms with E-state index in [-0.39, 0.29) is 22.7 Å². The minimum atomic E-state index is 0.145. The number of pyridine rings is 1. The zero-order valence-electron chi connectivity index (χ0n) is 29.5. The molecule has 0 spiro atoms. The van der Waals surface area contributed by atoms with Gasteiger partial charge in [-0.1, -0.05) is 111 Å². The molecule has 1 aliphatic heterocycles. The fourth-order valence-corrected chi connectivity index (χ4v) is 8.17. The molecule has 0 bridgehead atoms. The number of fused-ring (bicyclic) bond motifs is 5.